The van der Waals surface area contributed by atoms with Gasteiger partial charge in [0.1, 0.15) is 16.5 Å². The molecule has 2 rings (SSSR count). The van der Waals surface area contributed by atoms with Gasteiger partial charge in [0.25, 0.3) is 0 Å². The topological polar surface area (TPSA) is 55.2 Å². The molecule has 0 aliphatic rings. The van der Waals surface area contributed by atoms with E-state index < -0.39 is 26.6 Å². The van der Waals surface area contributed by atoms with Gasteiger partial charge in [-0.2, -0.15) is 9.40 Å². The zero-order valence-corrected chi connectivity index (χ0v) is 12.7. The van der Waals surface area contributed by atoms with Crippen LogP contribution >= 0.6 is 0 Å². The third-order valence-electron chi connectivity index (χ3n) is 3.31. The molecule has 0 spiro atoms. The Bertz CT molecular complexity index is 772. The lowest BCUT2D eigenvalue weighted by atomic mass is 10.3. The quantitative estimate of drug-likeness (QED) is 0.865. The van der Waals surface area contributed by atoms with E-state index in [2.05, 4.69) is 5.10 Å². The molecule has 0 fully saturated rings. The van der Waals surface area contributed by atoms with Crippen molar-refractivity contribution in [3.8, 4) is 0 Å². The van der Waals surface area contributed by atoms with Gasteiger partial charge in [0.2, 0.25) is 10.0 Å². The van der Waals surface area contributed by atoms with Gasteiger partial charge in [-0.3, -0.25) is 4.68 Å². The summed E-state index contributed by atoms with van der Waals surface area (Å²) >= 11 is 0. The van der Waals surface area contributed by atoms with Crippen molar-refractivity contribution >= 4 is 10.0 Å². The highest BCUT2D eigenvalue weighted by Gasteiger charge is 2.25. The fourth-order valence-corrected chi connectivity index (χ4v) is 3.07. The zero-order valence-electron chi connectivity index (χ0n) is 11.8. The Morgan fingerprint density at radius 1 is 1.33 bits per heavy atom. The molecular weight excluding hydrogens is 300 g/mol. The first-order chi connectivity index (χ1) is 9.73. The molecule has 0 saturated carbocycles. The summed E-state index contributed by atoms with van der Waals surface area (Å²) in [6.07, 6.45) is 1.56. The minimum atomic E-state index is -4.04. The van der Waals surface area contributed by atoms with Crippen molar-refractivity contribution in [1.29, 1.82) is 0 Å². The van der Waals surface area contributed by atoms with Gasteiger partial charge in [-0.05, 0) is 19.1 Å². The third-order valence-corrected chi connectivity index (χ3v) is 5.15. The molecule has 0 aliphatic heterocycles. The summed E-state index contributed by atoms with van der Waals surface area (Å²) in [6, 6.07) is 2.39. The summed E-state index contributed by atoms with van der Waals surface area (Å²) in [5, 5.41) is 4.02. The summed E-state index contributed by atoms with van der Waals surface area (Å²) in [5.74, 6) is -1.93. The summed E-state index contributed by atoms with van der Waals surface area (Å²) < 4.78 is 53.8. The van der Waals surface area contributed by atoms with Crippen LogP contribution in [-0.2, 0) is 23.6 Å². The molecule has 0 bridgehead atoms. The number of aromatic nitrogens is 2. The number of sulfonamides is 1. The fraction of sp³-hybridized carbons (Fsp3) is 0.308. The molecule has 2 aromatic rings. The summed E-state index contributed by atoms with van der Waals surface area (Å²) in [7, 11) is -0.957. The Hall–Kier alpha value is -1.80. The first-order valence-corrected chi connectivity index (χ1v) is 7.56. The van der Waals surface area contributed by atoms with Gasteiger partial charge in [-0.15, -0.1) is 0 Å². The number of hydrogen-bond acceptors (Lipinski definition) is 3. The Kier molecular flexibility index (Phi) is 4.11. The molecule has 1 aromatic carbocycles. The van der Waals surface area contributed by atoms with Crippen LogP contribution in [0.5, 0.6) is 0 Å². The van der Waals surface area contributed by atoms with Crippen molar-refractivity contribution < 1.29 is 17.2 Å². The van der Waals surface area contributed by atoms with Crippen LogP contribution in [0.25, 0.3) is 0 Å². The second-order valence-electron chi connectivity index (χ2n) is 4.71. The van der Waals surface area contributed by atoms with Gasteiger partial charge < -0.3 is 0 Å². The highest BCUT2D eigenvalue weighted by Crippen LogP contribution is 2.21. The normalized spacial score (nSPS) is 12.1. The molecule has 8 heteroatoms. The Balaban J connectivity index is 2.33. The SMILES string of the molecule is Cc1c(CN(C)S(=O)(=O)c2ccc(F)cc2F)cnn1C. The predicted octanol–water partition coefficient (Wildman–Crippen LogP) is 1.83. The molecule has 1 aromatic heterocycles. The van der Waals surface area contributed by atoms with Crippen LogP contribution < -0.4 is 0 Å². The Labute approximate surface area is 121 Å². The number of hydrogen-bond donors (Lipinski definition) is 0. The Morgan fingerprint density at radius 3 is 2.52 bits per heavy atom. The lowest BCUT2D eigenvalue weighted by Crippen LogP contribution is -2.27. The molecule has 1 heterocycles. The molecule has 0 radical (unpaired) electrons. The second-order valence-corrected chi connectivity index (χ2v) is 6.73. The van der Waals surface area contributed by atoms with E-state index in [1.54, 1.807) is 24.9 Å². The fourth-order valence-electron chi connectivity index (χ4n) is 1.88. The van der Waals surface area contributed by atoms with Crippen molar-refractivity contribution in [3.05, 3.63) is 47.3 Å². The van der Waals surface area contributed by atoms with E-state index in [1.165, 1.54) is 7.05 Å². The molecule has 0 atom stereocenters. The van der Waals surface area contributed by atoms with E-state index in [-0.39, 0.29) is 6.54 Å². The van der Waals surface area contributed by atoms with Crippen molar-refractivity contribution in [1.82, 2.24) is 14.1 Å². The highest BCUT2D eigenvalue weighted by atomic mass is 32.2. The molecule has 0 unspecified atom stereocenters. The average molecular weight is 315 g/mol. The number of nitrogens with zero attached hydrogens (tertiary/aromatic N) is 3. The van der Waals surface area contributed by atoms with E-state index >= 15 is 0 Å². The van der Waals surface area contributed by atoms with Crippen molar-refractivity contribution in [3.63, 3.8) is 0 Å². The number of aryl methyl sites for hydroxylation is 1. The van der Waals surface area contributed by atoms with Crippen molar-refractivity contribution in [2.75, 3.05) is 7.05 Å². The van der Waals surface area contributed by atoms with Gasteiger partial charge in [0.15, 0.2) is 0 Å². The van der Waals surface area contributed by atoms with Gasteiger partial charge in [0, 0.05) is 38.0 Å². The first kappa shape index (κ1) is 15.6. The van der Waals surface area contributed by atoms with Gasteiger partial charge >= 0.3 is 0 Å². The van der Waals surface area contributed by atoms with Gasteiger partial charge in [-0.1, -0.05) is 0 Å². The van der Waals surface area contributed by atoms with Gasteiger partial charge in [0.05, 0.1) is 6.20 Å². The second kappa shape index (κ2) is 5.53. The molecule has 114 valence electrons. The average Bonchev–Trinajstić information content (AvgIpc) is 2.70. The maximum Gasteiger partial charge on any atom is 0.246 e. The zero-order chi connectivity index (χ0) is 15.8. The predicted molar refractivity (Wildman–Crippen MR) is 73.0 cm³/mol. The number of benzene rings is 1. The lowest BCUT2D eigenvalue weighted by molar-refractivity contribution is 0.457. The Morgan fingerprint density at radius 2 is 2.00 bits per heavy atom. The molecular formula is C13H15F2N3O2S. The van der Waals surface area contributed by atoms with E-state index in [9.17, 15) is 17.2 Å². The van der Waals surface area contributed by atoms with E-state index in [1.807, 2.05) is 0 Å². The lowest BCUT2D eigenvalue weighted by Gasteiger charge is -2.17. The maximum absolute atomic E-state index is 13.7. The molecule has 5 nitrogen and oxygen atoms in total. The van der Waals surface area contributed by atoms with Crippen LogP contribution in [0, 0.1) is 18.6 Å². The van der Waals surface area contributed by atoms with E-state index in [0.717, 1.165) is 22.1 Å². The van der Waals surface area contributed by atoms with Crippen LogP contribution in [0.2, 0.25) is 0 Å². The smallest absolute Gasteiger partial charge is 0.246 e. The molecule has 0 saturated heterocycles. The standard InChI is InChI=1S/C13H15F2N3O2S/c1-9-10(7-16-18(9)3)8-17(2)21(19,20)13-5-4-11(14)6-12(13)15/h4-7H,8H2,1-3H3. The van der Waals surface area contributed by atoms with Crippen LogP contribution in [0.3, 0.4) is 0 Å². The summed E-state index contributed by atoms with van der Waals surface area (Å²) in [6.45, 7) is 1.86. The molecule has 0 N–H and O–H groups in total. The number of halogens is 2. The summed E-state index contributed by atoms with van der Waals surface area (Å²) in [4.78, 5) is -0.548. The maximum atomic E-state index is 13.7. The minimum absolute atomic E-state index is 0.0544. The summed E-state index contributed by atoms with van der Waals surface area (Å²) in [5.41, 5.74) is 1.53. The largest absolute Gasteiger partial charge is 0.273 e. The first-order valence-electron chi connectivity index (χ1n) is 6.12. The van der Waals surface area contributed by atoms with Crippen molar-refractivity contribution in [2.45, 2.75) is 18.4 Å². The number of rotatable bonds is 4. The van der Waals surface area contributed by atoms with Crippen LogP contribution in [-0.4, -0.2) is 29.6 Å². The highest BCUT2D eigenvalue weighted by molar-refractivity contribution is 7.89. The third kappa shape index (κ3) is 2.96. The van der Waals surface area contributed by atoms with Crippen LogP contribution in [0.1, 0.15) is 11.3 Å². The molecule has 21 heavy (non-hydrogen) atoms. The molecule has 0 amide bonds. The van der Waals surface area contributed by atoms with Crippen molar-refractivity contribution in [2.24, 2.45) is 7.05 Å². The monoisotopic (exact) mass is 315 g/mol. The van der Waals surface area contributed by atoms with Gasteiger partial charge in [-0.25, -0.2) is 17.2 Å². The minimum Gasteiger partial charge on any atom is -0.273 e. The van der Waals surface area contributed by atoms with E-state index in [0.29, 0.717) is 11.6 Å². The van der Waals surface area contributed by atoms with Crippen LogP contribution in [0.4, 0.5) is 8.78 Å². The van der Waals surface area contributed by atoms with E-state index in [4.69, 9.17) is 0 Å². The molecule has 0 aliphatic carbocycles. The van der Waals surface area contributed by atoms with Crippen LogP contribution in [0.15, 0.2) is 29.3 Å².